The van der Waals surface area contributed by atoms with Gasteiger partial charge in [-0.2, -0.15) is 26.3 Å². The lowest BCUT2D eigenvalue weighted by atomic mass is 10.0. The van der Waals surface area contributed by atoms with Gasteiger partial charge in [0.15, 0.2) is 0 Å². The Morgan fingerprint density at radius 3 is 1.95 bits per heavy atom. The van der Waals surface area contributed by atoms with Crippen LogP contribution in [-0.2, 0) is 18.8 Å². The van der Waals surface area contributed by atoms with Crippen molar-refractivity contribution < 1.29 is 40.6 Å². The Morgan fingerprint density at radius 1 is 0.816 bits per heavy atom. The van der Waals surface area contributed by atoms with Crippen molar-refractivity contribution in [3.8, 4) is 28.4 Å². The second-order valence-electron chi connectivity index (χ2n) is 9.87. The molecule has 1 aliphatic heterocycles. The van der Waals surface area contributed by atoms with Gasteiger partial charge in [0.2, 0.25) is 0 Å². The van der Waals surface area contributed by atoms with E-state index in [4.69, 9.17) is 14.2 Å². The van der Waals surface area contributed by atoms with E-state index in [2.05, 4.69) is 0 Å². The van der Waals surface area contributed by atoms with Gasteiger partial charge in [-0.05, 0) is 49.0 Å². The van der Waals surface area contributed by atoms with Crippen molar-refractivity contribution in [2.75, 3.05) is 14.2 Å². The molecule has 1 unspecified atom stereocenters. The maximum atomic E-state index is 13.9. The molecule has 3 nitrogen and oxygen atoms in total. The quantitative estimate of drug-likeness (QED) is 0.234. The van der Waals surface area contributed by atoms with Crippen LogP contribution in [-0.4, -0.2) is 25.2 Å². The summed E-state index contributed by atoms with van der Waals surface area (Å²) >= 11 is 0. The SMILES string of the molecule is COc1cccc(OC)c1-c1cccc2c1P(C(C)(C)C)[C@H](Cc1ccc(C(F)(F)F)cc1C(F)(F)F)O2. The van der Waals surface area contributed by atoms with E-state index in [9.17, 15) is 26.3 Å². The fraction of sp³-hybridized carbons (Fsp3) is 0.357. The van der Waals surface area contributed by atoms with E-state index in [1.807, 2.05) is 26.8 Å². The zero-order chi connectivity index (χ0) is 28.0. The van der Waals surface area contributed by atoms with Crippen molar-refractivity contribution in [3.63, 3.8) is 0 Å². The van der Waals surface area contributed by atoms with Crippen molar-refractivity contribution >= 4 is 13.2 Å². The highest BCUT2D eigenvalue weighted by molar-refractivity contribution is 7.68. The molecule has 0 fully saturated rings. The molecule has 0 saturated carbocycles. The molecular formula is C28H27F6O3P. The summed E-state index contributed by atoms with van der Waals surface area (Å²) < 4.78 is 98.8. The highest BCUT2D eigenvalue weighted by Crippen LogP contribution is 2.61. The molecule has 0 N–H and O–H groups in total. The average molecular weight is 556 g/mol. The van der Waals surface area contributed by atoms with E-state index >= 15 is 0 Å². The lowest BCUT2D eigenvalue weighted by molar-refractivity contribution is -0.143. The first-order chi connectivity index (χ1) is 17.7. The number of benzene rings is 3. The molecule has 2 atom stereocenters. The van der Waals surface area contributed by atoms with E-state index in [0.717, 1.165) is 16.9 Å². The molecule has 4 rings (SSSR count). The van der Waals surface area contributed by atoms with Gasteiger partial charge in [-0.1, -0.05) is 45.0 Å². The van der Waals surface area contributed by atoms with Gasteiger partial charge in [-0.15, -0.1) is 0 Å². The predicted molar refractivity (Wildman–Crippen MR) is 136 cm³/mol. The van der Waals surface area contributed by atoms with Crippen LogP contribution in [0.3, 0.4) is 0 Å². The summed E-state index contributed by atoms with van der Waals surface area (Å²) in [5, 5.41) is 0.434. The average Bonchev–Trinajstić information content (AvgIpc) is 3.21. The minimum atomic E-state index is -4.96. The highest BCUT2D eigenvalue weighted by Gasteiger charge is 2.45. The normalized spacial score (nSPS) is 17.7. The predicted octanol–water partition coefficient (Wildman–Crippen LogP) is 8.28. The van der Waals surface area contributed by atoms with Crippen LogP contribution in [0, 0.1) is 0 Å². The van der Waals surface area contributed by atoms with Crippen LogP contribution < -0.4 is 19.5 Å². The van der Waals surface area contributed by atoms with Crippen LogP contribution in [0.4, 0.5) is 26.3 Å². The molecule has 0 saturated heterocycles. The van der Waals surface area contributed by atoms with Gasteiger partial charge in [-0.25, -0.2) is 0 Å². The molecular weight excluding hydrogens is 529 g/mol. The topological polar surface area (TPSA) is 27.7 Å². The maximum absolute atomic E-state index is 13.9. The molecule has 3 aromatic carbocycles. The molecule has 0 amide bonds. The minimum absolute atomic E-state index is 0.182. The summed E-state index contributed by atoms with van der Waals surface area (Å²) in [6.45, 7) is 5.95. The molecule has 0 spiro atoms. The summed E-state index contributed by atoms with van der Waals surface area (Å²) in [5.41, 5.74) is -1.41. The molecule has 10 heteroatoms. The lowest BCUT2D eigenvalue weighted by Crippen LogP contribution is -2.27. The van der Waals surface area contributed by atoms with Crippen LogP contribution in [0.2, 0.25) is 0 Å². The number of halogens is 6. The Balaban J connectivity index is 1.85. The smallest absolute Gasteiger partial charge is 0.416 e. The number of hydrogen-bond acceptors (Lipinski definition) is 3. The van der Waals surface area contributed by atoms with Crippen LogP contribution >= 0.6 is 7.92 Å². The Hall–Kier alpha value is -2.93. The van der Waals surface area contributed by atoms with Crippen molar-refractivity contribution in [3.05, 3.63) is 71.3 Å². The van der Waals surface area contributed by atoms with Gasteiger partial charge in [0.1, 0.15) is 23.1 Å². The summed E-state index contributed by atoms with van der Waals surface area (Å²) in [5.74, 6) is 0.959. The highest BCUT2D eigenvalue weighted by atomic mass is 31.1. The van der Waals surface area contributed by atoms with E-state index in [-0.39, 0.29) is 18.1 Å². The third-order valence-electron chi connectivity index (χ3n) is 6.35. The van der Waals surface area contributed by atoms with Gasteiger partial charge in [-0.3, -0.25) is 0 Å². The molecule has 0 aromatic heterocycles. The summed E-state index contributed by atoms with van der Waals surface area (Å²) in [4.78, 5) is 0. The number of fused-ring (bicyclic) bond motifs is 1. The Bertz CT molecular complexity index is 1310. The Morgan fingerprint density at radius 2 is 1.42 bits per heavy atom. The van der Waals surface area contributed by atoms with Crippen LogP contribution in [0.5, 0.6) is 17.2 Å². The third-order valence-corrected chi connectivity index (χ3v) is 9.60. The van der Waals surface area contributed by atoms with Gasteiger partial charge in [0.25, 0.3) is 0 Å². The number of hydrogen-bond donors (Lipinski definition) is 0. The van der Waals surface area contributed by atoms with Crippen LogP contribution in [0.25, 0.3) is 11.1 Å². The van der Waals surface area contributed by atoms with Crippen LogP contribution in [0.15, 0.2) is 54.6 Å². The molecule has 0 radical (unpaired) electrons. The molecule has 1 heterocycles. The number of alkyl halides is 6. The number of methoxy groups -OCH3 is 2. The number of ether oxygens (including phenoxy) is 3. The zero-order valence-electron chi connectivity index (χ0n) is 21.4. The van der Waals surface area contributed by atoms with Crippen molar-refractivity contribution in [1.29, 1.82) is 0 Å². The van der Waals surface area contributed by atoms with E-state index in [1.54, 1.807) is 30.3 Å². The third kappa shape index (κ3) is 5.31. The zero-order valence-corrected chi connectivity index (χ0v) is 22.3. The Kier molecular flexibility index (Phi) is 7.38. The fourth-order valence-corrected chi connectivity index (χ4v) is 8.04. The molecule has 1 aliphatic rings. The molecule has 204 valence electrons. The van der Waals surface area contributed by atoms with Gasteiger partial charge in [0.05, 0.1) is 30.9 Å². The van der Waals surface area contributed by atoms with Crippen molar-refractivity contribution in [2.24, 2.45) is 0 Å². The van der Waals surface area contributed by atoms with Crippen molar-refractivity contribution in [2.45, 2.75) is 50.5 Å². The Labute approximate surface area is 218 Å². The molecule has 38 heavy (non-hydrogen) atoms. The van der Waals surface area contributed by atoms with E-state index < -0.39 is 42.4 Å². The van der Waals surface area contributed by atoms with E-state index in [1.165, 1.54) is 14.2 Å². The van der Waals surface area contributed by atoms with E-state index in [0.29, 0.717) is 28.9 Å². The van der Waals surface area contributed by atoms with Gasteiger partial charge >= 0.3 is 12.4 Å². The van der Waals surface area contributed by atoms with Crippen LogP contribution in [0.1, 0.15) is 37.5 Å². The summed E-state index contributed by atoms with van der Waals surface area (Å²) in [7, 11) is 1.81. The van der Waals surface area contributed by atoms with Gasteiger partial charge < -0.3 is 14.2 Å². The standard InChI is InChI=1S/C28H27F6O3P/c1-26(2,3)38-23(14-16-12-13-17(27(29,30)31)15-19(16)28(32,33)34)37-22-11-6-8-18(25(22)38)24-20(35-4)9-7-10-21(24)36-5/h6-13,15,23H,14H2,1-5H3/t23-,38?/m1/s1. The first-order valence-electron chi connectivity index (χ1n) is 11.7. The molecule has 3 aromatic rings. The first-order valence-corrected chi connectivity index (χ1v) is 13.2. The second-order valence-corrected chi connectivity index (χ2v) is 13.0. The van der Waals surface area contributed by atoms with Gasteiger partial charge in [0, 0.05) is 17.3 Å². The molecule has 0 bridgehead atoms. The minimum Gasteiger partial charge on any atom is -0.496 e. The largest absolute Gasteiger partial charge is 0.496 e. The number of rotatable bonds is 5. The molecule has 0 aliphatic carbocycles. The monoisotopic (exact) mass is 556 g/mol. The summed E-state index contributed by atoms with van der Waals surface area (Å²) in [6, 6.07) is 12.6. The second kappa shape index (κ2) is 9.99. The fourth-order valence-electron chi connectivity index (χ4n) is 4.81. The maximum Gasteiger partial charge on any atom is 0.416 e. The lowest BCUT2D eigenvalue weighted by Gasteiger charge is -2.33. The summed E-state index contributed by atoms with van der Waals surface area (Å²) in [6.07, 6.45) is -10.0. The van der Waals surface area contributed by atoms with Crippen molar-refractivity contribution in [1.82, 2.24) is 0 Å². The first kappa shape index (κ1) is 28.1.